The first-order valence-electron chi connectivity index (χ1n) is 6.29. The number of hydrogen-bond acceptors (Lipinski definition) is 3. The van der Waals surface area contributed by atoms with Crippen molar-refractivity contribution in [3.63, 3.8) is 0 Å². The fourth-order valence-electron chi connectivity index (χ4n) is 2.28. The highest BCUT2D eigenvalue weighted by molar-refractivity contribution is 5.85. The second kappa shape index (κ2) is 6.02. The van der Waals surface area contributed by atoms with Crippen molar-refractivity contribution < 1.29 is 14.3 Å². The van der Waals surface area contributed by atoms with E-state index in [4.69, 9.17) is 4.74 Å². The van der Waals surface area contributed by atoms with Gasteiger partial charge in [-0.15, -0.1) is 0 Å². The van der Waals surface area contributed by atoms with Gasteiger partial charge in [-0.25, -0.2) is 0 Å². The molecule has 1 fully saturated rings. The van der Waals surface area contributed by atoms with Crippen LogP contribution in [0.1, 0.15) is 52.9 Å². The Morgan fingerprint density at radius 3 is 2.31 bits per heavy atom. The molecule has 16 heavy (non-hydrogen) atoms. The molecule has 3 heteroatoms. The van der Waals surface area contributed by atoms with Crippen molar-refractivity contribution in [2.75, 3.05) is 0 Å². The van der Waals surface area contributed by atoms with Gasteiger partial charge >= 0.3 is 5.97 Å². The van der Waals surface area contributed by atoms with Gasteiger partial charge in [-0.1, -0.05) is 26.7 Å². The normalized spacial score (nSPS) is 20.4. The number of esters is 1. The predicted molar refractivity (Wildman–Crippen MR) is 62.0 cm³/mol. The standard InChI is InChI=1S/C13H22O3/c1-4-12(14)10(3)16-13(15)9(2)11-7-5-6-8-11/h9-11H,4-8H2,1-3H3. The Kier molecular flexibility index (Phi) is 4.97. The minimum absolute atomic E-state index is 0.00743. The first kappa shape index (κ1) is 13.2. The zero-order valence-corrected chi connectivity index (χ0v) is 10.5. The highest BCUT2D eigenvalue weighted by atomic mass is 16.5. The molecular formula is C13H22O3. The van der Waals surface area contributed by atoms with Crippen LogP contribution in [0.3, 0.4) is 0 Å². The molecule has 0 radical (unpaired) electrons. The number of carbonyl (C=O) groups excluding carboxylic acids is 2. The number of Topliss-reactive ketones (excluding diaryl/α,β-unsaturated/α-hetero) is 1. The van der Waals surface area contributed by atoms with E-state index >= 15 is 0 Å². The summed E-state index contributed by atoms with van der Waals surface area (Å²) in [6.45, 7) is 5.36. The van der Waals surface area contributed by atoms with E-state index in [-0.39, 0.29) is 17.7 Å². The lowest BCUT2D eigenvalue weighted by Gasteiger charge is -2.19. The minimum Gasteiger partial charge on any atom is -0.454 e. The van der Waals surface area contributed by atoms with Gasteiger partial charge in [-0.3, -0.25) is 9.59 Å². The van der Waals surface area contributed by atoms with Gasteiger partial charge in [0.25, 0.3) is 0 Å². The molecule has 1 aliphatic rings. The first-order chi connectivity index (χ1) is 7.56. The van der Waals surface area contributed by atoms with Crippen molar-refractivity contribution in [1.29, 1.82) is 0 Å². The van der Waals surface area contributed by atoms with Gasteiger partial charge in [0.1, 0.15) is 0 Å². The van der Waals surface area contributed by atoms with Crippen LogP contribution in [0, 0.1) is 11.8 Å². The van der Waals surface area contributed by atoms with Gasteiger partial charge in [-0.2, -0.15) is 0 Å². The van der Waals surface area contributed by atoms with Crippen LogP contribution in [-0.4, -0.2) is 17.9 Å². The highest BCUT2D eigenvalue weighted by Gasteiger charge is 2.29. The van der Waals surface area contributed by atoms with E-state index in [9.17, 15) is 9.59 Å². The van der Waals surface area contributed by atoms with Crippen LogP contribution in [-0.2, 0) is 14.3 Å². The topological polar surface area (TPSA) is 43.4 Å². The number of rotatable bonds is 5. The maximum Gasteiger partial charge on any atom is 0.309 e. The van der Waals surface area contributed by atoms with Gasteiger partial charge < -0.3 is 4.74 Å². The first-order valence-corrected chi connectivity index (χ1v) is 6.29. The molecule has 0 aromatic rings. The molecule has 0 saturated heterocycles. The Labute approximate surface area is 97.5 Å². The molecule has 3 nitrogen and oxygen atoms in total. The predicted octanol–water partition coefficient (Wildman–Crippen LogP) is 2.72. The van der Waals surface area contributed by atoms with Crippen molar-refractivity contribution in [2.45, 2.75) is 59.0 Å². The van der Waals surface area contributed by atoms with Gasteiger partial charge in [0.05, 0.1) is 5.92 Å². The zero-order valence-electron chi connectivity index (χ0n) is 10.5. The molecule has 92 valence electrons. The van der Waals surface area contributed by atoms with Crippen molar-refractivity contribution in [1.82, 2.24) is 0 Å². The molecule has 0 aromatic heterocycles. The molecule has 0 amide bonds. The molecule has 0 aromatic carbocycles. The molecule has 2 atom stereocenters. The Morgan fingerprint density at radius 1 is 1.25 bits per heavy atom. The maximum atomic E-state index is 11.8. The van der Waals surface area contributed by atoms with Crippen LogP contribution in [0.4, 0.5) is 0 Å². The summed E-state index contributed by atoms with van der Waals surface area (Å²) in [6, 6.07) is 0. The summed E-state index contributed by atoms with van der Waals surface area (Å²) in [5.41, 5.74) is 0. The van der Waals surface area contributed by atoms with E-state index in [1.807, 2.05) is 6.92 Å². The van der Waals surface area contributed by atoms with Crippen LogP contribution in [0.15, 0.2) is 0 Å². The highest BCUT2D eigenvalue weighted by Crippen LogP contribution is 2.31. The maximum absolute atomic E-state index is 11.8. The summed E-state index contributed by atoms with van der Waals surface area (Å²) in [5, 5.41) is 0. The lowest BCUT2D eigenvalue weighted by Crippen LogP contribution is -2.29. The van der Waals surface area contributed by atoms with Gasteiger partial charge in [0.15, 0.2) is 11.9 Å². The van der Waals surface area contributed by atoms with Crippen LogP contribution >= 0.6 is 0 Å². The van der Waals surface area contributed by atoms with Crippen LogP contribution in [0.25, 0.3) is 0 Å². The molecule has 1 saturated carbocycles. The summed E-state index contributed by atoms with van der Waals surface area (Å²) >= 11 is 0. The second-order valence-corrected chi connectivity index (χ2v) is 4.73. The molecule has 0 aliphatic heterocycles. The van der Waals surface area contributed by atoms with E-state index in [1.165, 1.54) is 12.8 Å². The largest absolute Gasteiger partial charge is 0.454 e. The summed E-state index contributed by atoms with van der Waals surface area (Å²) < 4.78 is 5.19. The molecule has 1 aliphatic carbocycles. The quantitative estimate of drug-likeness (QED) is 0.677. The van der Waals surface area contributed by atoms with Crippen molar-refractivity contribution in [3.05, 3.63) is 0 Å². The number of carbonyl (C=O) groups is 2. The van der Waals surface area contributed by atoms with E-state index in [1.54, 1.807) is 13.8 Å². The Morgan fingerprint density at radius 2 is 1.81 bits per heavy atom. The average Bonchev–Trinajstić information content (AvgIpc) is 2.79. The van der Waals surface area contributed by atoms with Crippen molar-refractivity contribution in [3.8, 4) is 0 Å². The summed E-state index contributed by atoms with van der Waals surface area (Å²) in [4.78, 5) is 23.1. The van der Waals surface area contributed by atoms with Crippen molar-refractivity contribution in [2.24, 2.45) is 11.8 Å². The molecular weight excluding hydrogens is 204 g/mol. The number of hydrogen-bond donors (Lipinski definition) is 0. The van der Waals surface area contributed by atoms with Crippen molar-refractivity contribution >= 4 is 11.8 Å². The fourth-order valence-corrected chi connectivity index (χ4v) is 2.28. The molecule has 0 heterocycles. The smallest absolute Gasteiger partial charge is 0.309 e. The third-order valence-corrected chi connectivity index (χ3v) is 3.57. The monoisotopic (exact) mass is 226 g/mol. The fraction of sp³-hybridized carbons (Fsp3) is 0.846. The lowest BCUT2D eigenvalue weighted by atomic mass is 9.93. The Hall–Kier alpha value is -0.860. The van der Waals surface area contributed by atoms with Crippen LogP contribution < -0.4 is 0 Å². The van der Waals surface area contributed by atoms with Crippen LogP contribution in [0.2, 0.25) is 0 Å². The Bertz CT molecular complexity index is 254. The Balaban J connectivity index is 2.41. The molecule has 0 N–H and O–H groups in total. The third-order valence-electron chi connectivity index (χ3n) is 3.57. The van der Waals surface area contributed by atoms with E-state index in [2.05, 4.69) is 0 Å². The number of ether oxygens (including phenoxy) is 1. The lowest BCUT2D eigenvalue weighted by molar-refractivity contribution is -0.159. The average molecular weight is 226 g/mol. The second-order valence-electron chi connectivity index (χ2n) is 4.73. The summed E-state index contributed by atoms with van der Waals surface area (Å²) in [6.07, 6.45) is 4.50. The summed E-state index contributed by atoms with van der Waals surface area (Å²) in [7, 11) is 0. The van der Waals surface area contributed by atoms with Gasteiger partial charge in [0, 0.05) is 6.42 Å². The van der Waals surface area contributed by atoms with Gasteiger partial charge in [-0.05, 0) is 25.7 Å². The molecule has 0 spiro atoms. The van der Waals surface area contributed by atoms with E-state index < -0.39 is 6.10 Å². The molecule has 0 bridgehead atoms. The SMILES string of the molecule is CCC(=O)C(C)OC(=O)C(C)C1CCCC1. The number of ketones is 1. The minimum atomic E-state index is -0.582. The third kappa shape index (κ3) is 3.32. The van der Waals surface area contributed by atoms with Crippen LogP contribution in [0.5, 0.6) is 0 Å². The molecule has 2 unspecified atom stereocenters. The van der Waals surface area contributed by atoms with E-state index in [0.717, 1.165) is 12.8 Å². The van der Waals surface area contributed by atoms with E-state index in [0.29, 0.717) is 12.3 Å². The zero-order chi connectivity index (χ0) is 12.1. The van der Waals surface area contributed by atoms with Gasteiger partial charge in [0.2, 0.25) is 0 Å². The molecule has 1 rings (SSSR count). The summed E-state index contributed by atoms with van der Waals surface area (Å²) in [5.74, 6) is 0.180.